The Balaban J connectivity index is 2.06. The van der Waals surface area contributed by atoms with Crippen LogP contribution < -0.4 is 24.3 Å². The van der Waals surface area contributed by atoms with Gasteiger partial charge in [0.2, 0.25) is 11.7 Å². The molecular weight excluding hydrogens is 324 g/mol. The highest BCUT2D eigenvalue weighted by molar-refractivity contribution is 5.92. The molecule has 7 heteroatoms. The van der Waals surface area contributed by atoms with Crippen molar-refractivity contribution in [3.8, 4) is 23.0 Å². The minimum absolute atomic E-state index is 0.139. The number of nitrogens with zero attached hydrogens (tertiary/aromatic N) is 1. The third kappa shape index (κ3) is 4.53. The van der Waals surface area contributed by atoms with E-state index in [2.05, 4.69) is 10.3 Å². The lowest BCUT2D eigenvalue weighted by atomic mass is 10.1. The van der Waals surface area contributed by atoms with Gasteiger partial charge in [0.15, 0.2) is 11.5 Å². The zero-order valence-electron chi connectivity index (χ0n) is 14.8. The van der Waals surface area contributed by atoms with Gasteiger partial charge >= 0.3 is 0 Å². The van der Waals surface area contributed by atoms with Crippen LogP contribution in [-0.2, 0) is 11.2 Å². The average Bonchev–Trinajstić information content (AvgIpc) is 2.65. The molecular formula is C18H22N2O5. The largest absolute Gasteiger partial charge is 0.494 e. The Bertz CT molecular complexity index is 708. The Labute approximate surface area is 146 Å². The Morgan fingerprint density at radius 2 is 1.64 bits per heavy atom. The first-order chi connectivity index (χ1) is 12.1. The summed E-state index contributed by atoms with van der Waals surface area (Å²) >= 11 is 0. The zero-order chi connectivity index (χ0) is 18.2. The summed E-state index contributed by atoms with van der Waals surface area (Å²) in [4.78, 5) is 16.2. The lowest BCUT2D eigenvalue weighted by Crippen LogP contribution is -2.13. The molecule has 1 N–H and O–H groups in total. The second kappa shape index (κ2) is 8.77. The van der Waals surface area contributed by atoms with Gasteiger partial charge in [-0.3, -0.25) is 9.78 Å². The van der Waals surface area contributed by atoms with E-state index in [-0.39, 0.29) is 12.3 Å². The van der Waals surface area contributed by atoms with Gasteiger partial charge < -0.3 is 24.3 Å². The third-order valence-corrected chi connectivity index (χ3v) is 3.64. The molecule has 0 saturated carbocycles. The van der Waals surface area contributed by atoms with Crippen molar-refractivity contribution in [3.05, 3.63) is 36.2 Å². The number of methoxy groups -OCH3 is 4. The summed E-state index contributed by atoms with van der Waals surface area (Å²) in [5.74, 6) is 2.08. The van der Waals surface area contributed by atoms with Crippen LogP contribution in [0.4, 0.5) is 5.69 Å². The number of aromatic nitrogens is 1. The van der Waals surface area contributed by atoms with E-state index in [0.29, 0.717) is 35.1 Å². The number of nitrogens with one attached hydrogen (secondary N) is 1. The van der Waals surface area contributed by atoms with E-state index < -0.39 is 0 Å². The van der Waals surface area contributed by atoms with Crippen molar-refractivity contribution in [1.29, 1.82) is 0 Å². The summed E-state index contributed by atoms with van der Waals surface area (Å²) in [7, 11) is 6.21. The molecule has 1 heterocycles. The summed E-state index contributed by atoms with van der Waals surface area (Å²) < 4.78 is 21.1. The Kier molecular flexibility index (Phi) is 6.45. The first-order valence-electron chi connectivity index (χ1n) is 7.69. The molecule has 2 aromatic rings. The van der Waals surface area contributed by atoms with Crippen LogP contribution in [0.5, 0.6) is 23.0 Å². The molecule has 25 heavy (non-hydrogen) atoms. The fourth-order valence-corrected chi connectivity index (χ4v) is 2.40. The van der Waals surface area contributed by atoms with Gasteiger partial charge in [-0.05, 0) is 24.1 Å². The molecule has 1 amide bonds. The molecule has 0 fully saturated rings. The number of benzene rings is 1. The van der Waals surface area contributed by atoms with Gasteiger partial charge in [0.25, 0.3) is 0 Å². The molecule has 0 spiro atoms. The van der Waals surface area contributed by atoms with Crippen molar-refractivity contribution in [1.82, 2.24) is 4.98 Å². The van der Waals surface area contributed by atoms with Crippen LogP contribution >= 0.6 is 0 Å². The van der Waals surface area contributed by atoms with Crippen LogP contribution in [0.15, 0.2) is 30.6 Å². The zero-order valence-corrected chi connectivity index (χ0v) is 14.8. The fraction of sp³-hybridized carbons (Fsp3) is 0.333. The normalized spacial score (nSPS) is 10.1. The van der Waals surface area contributed by atoms with Gasteiger partial charge in [-0.2, -0.15) is 0 Å². The summed E-state index contributed by atoms with van der Waals surface area (Å²) in [6.45, 7) is 0. The monoisotopic (exact) mass is 346 g/mol. The van der Waals surface area contributed by atoms with Crippen LogP contribution in [0.1, 0.15) is 12.0 Å². The van der Waals surface area contributed by atoms with E-state index in [9.17, 15) is 4.79 Å². The Morgan fingerprint density at radius 1 is 1.00 bits per heavy atom. The maximum absolute atomic E-state index is 12.2. The number of pyridine rings is 1. The number of ether oxygens (including phenoxy) is 4. The first kappa shape index (κ1) is 18.4. The fourth-order valence-electron chi connectivity index (χ4n) is 2.40. The van der Waals surface area contributed by atoms with Crippen molar-refractivity contribution in [2.45, 2.75) is 12.8 Å². The van der Waals surface area contributed by atoms with E-state index in [4.69, 9.17) is 18.9 Å². The molecule has 0 unspecified atom stereocenters. The quantitative estimate of drug-likeness (QED) is 0.792. The molecule has 0 aliphatic rings. The highest BCUT2D eigenvalue weighted by Crippen LogP contribution is 2.38. The van der Waals surface area contributed by atoms with E-state index in [1.165, 1.54) is 0 Å². The predicted molar refractivity (Wildman–Crippen MR) is 93.8 cm³/mol. The SMILES string of the molecule is COc1ccncc1NC(=O)CCc1cc(OC)c(OC)c(OC)c1. The number of hydrogen-bond acceptors (Lipinski definition) is 6. The second-order valence-electron chi connectivity index (χ2n) is 5.16. The first-order valence-corrected chi connectivity index (χ1v) is 7.69. The number of amides is 1. The van der Waals surface area contributed by atoms with Crippen LogP contribution in [0.3, 0.4) is 0 Å². The summed E-state index contributed by atoms with van der Waals surface area (Å²) in [6, 6.07) is 5.35. The number of carbonyl (C=O) groups is 1. The molecule has 0 bridgehead atoms. The molecule has 7 nitrogen and oxygen atoms in total. The Hall–Kier alpha value is -2.96. The minimum atomic E-state index is -0.139. The van der Waals surface area contributed by atoms with Crippen molar-refractivity contribution < 1.29 is 23.7 Å². The van der Waals surface area contributed by atoms with Crippen molar-refractivity contribution in [2.24, 2.45) is 0 Å². The van der Waals surface area contributed by atoms with E-state index in [1.54, 1.807) is 46.9 Å². The molecule has 0 aliphatic heterocycles. The van der Waals surface area contributed by atoms with Gasteiger partial charge in [-0.1, -0.05) is 0 Å². The van der Waals surface area contributed by atoms with E-state index >= 15 is 0 Å². The maximum atomic E-state index is 12.2. The molecule has 1 aromatic carbocycles. The van der Waals surface area contributed by atoms with Gasteiger partial charge in [0, 0.05) is 18.7 Å². The van der Waals surface area contributed by atoms with Gasteiger partial charge in [0.1, 0.15) is 11.4 Å². The topological polar surface area (TPSA) is 78.9 Å². The van der Waals surface area contributed by atoms with Crippen LogP contribution in [0, 0.1) is 0 Å². The molecule has 0 atom stereocenters. The van der Waals surface area contributed by atoms with Crippen molar-refractivity contribution in [3.63, 3.8) is 0 Å². The minimum Gasteiger partial charge on any atom is -0.494 e. The molecule has 2 rings (SSSR count). The second-order valence-corrected chi connectivity index (χ2v) is 5.16. The number of anilines is 1. The molecule has 1 aromatic heterocycles. The lowest BCUT2D eigenvalue weighted by Gasteiger charge is -2.14. The Morgan fingerprint density at radius 3 is 2.20 bits per heavy atom. The molecule has 0 radical (unpaired) electrons. The van der Waals surface area contributed by atoms with Crippen LogP contribution in [-0.4, -0.2) is 39.3 Å². The van der Waals surface area contributed by atoms with Crippen molar-refractivity contribution in [2.75, 3.05) is 33.8 Å². The van der Waals surface area contributed by atoms with Gasteiger partial charge in [-0.15, -0.1) is 0 Å². The van der Waals surface area contributed by atoms with Gasteiger partial charge in [-0.25, -0.2) is 0 Å². The summed E-state index contributed by atoms with van der Waals surface area (Å²) in [5, 5.41) is 2.80. The summed E-state index contributed by atoms with van der Waals surface area (Å²) in [6.07, 6.45) is 3.96. The third-order valence-electron chi connectivity index (χ3n) is 3.64. The standard InChI is InChI=1S/C18H22N2O5/c1-22-14-7-8-19-11-13(14)20-17(21)6-5-12-9-15(23-2)18(25-4)16(10-12)24-3/h7-11H,5-6H2,1-4H3,(H,20,21). The average molecular weight is 346 g/mol. The maximum Gasteiger partial charge on any atom is 0.224 e. The highest BCUT2D eigenvalue weighted by Gasteiger charge is 2.14. The molecule has 0 saturated heterocycles. The predicted octanol–water partition coefficient (Wildman–Crippen LogP) is 2.69. The van der Waals surface area contributed by atoms with Crippen LogP contribution in [0.2, 0.25) is 0 Å². The molecule has 0 aliphatic carbocycles. The summed E-state index contributed by atoms with van der Waals surface area (Å²) in [5.41, 5.74) is 1.45. The van der Waals surface area contributed by atoms with E-state index in [1.807, 2.05) is 12.1 Å². The number of aryl methyl sites for hydroxylation is 1. The van der Waals surface area contributed by atoms with E-state index in [0.717, 1.165) is 5.56 Å². The highest BCUT2D eigenvalue weighted by atomic mass is 16.5. The lowest BCUT2D eigenvalue weighted by molar-refractivity contribution is -0.116. The molecule has 134 valence electrons. The number of hydrogen-bond donors (Lipinski definition) is 1. The number of carbonyl (C=O) groups excluding carboxylic acids is 1. The number of rotatable bonds is 8. The van der Waals surface area contributed by atoms with Gasteiger partial charge in [0.05, 0.1) is 34.6 Å². The van der Waals surface area contributed by atoms with Crippen molar-refractivity contribution >= 4 is 11.6 Å². The smallest absolute Gasteiger partial charge is 0.224 e. The van der Waals surface area contributed by atoms with Crippen LogP contribution in [0.25, 0.3) is 0 Å².